The minimum Gasteiger partial charge on any atom is -0.469 e. The molecule has 0 saturated heterocycles. The Morgan fingerprint density at radius 1 is 0.881 bits per heavy atom. The maximum Gasteiger partial charge on any atom is 0.305 e. The summed E-state index contributed by atoms with van der Waals surface area (Å²) in [5.41, 5.74) is 5.03. The molecule has 4 aromatic rings. The Morgan fingerprint density at radius 2 is 1.64 bits per heavy atom. The third-order valence-electron chi connectivity index (χ3n) is 7.54. The molecule has 11 heteroatoms. The lowest BCUT2D eigenvalue weighted by molar-refractivity contribution is -0.140. The van der Waals surface area contributed by atoms with E-state index in [-0.39, 0.29) is 5.97 Å². The zero-order valence-electron chi connectivity index (χ0n) is 24.5. The first-order valence-electron chi connectivity index (χ1n) is 14.8. The van der Waals surface area contributed by atoms with Gasteiger partial charge in [0.1, 0.15) is 23.6 Å². The van der Waals surface area contributed by atoms with Gasteiger partial charge in [-0.1, -0.05) is 62.8 Å². The number of hydrogen-bond donors (Lipinski definition) is 0. The van der Waals surface area contributed by atoms with Crippen LogP contribution in [0.3, 0.4) is 0 Å². The van der Waals surface area contributed by atoms with Gasteiger partial charge in [0.05, 0.1) is 24.8 Å². The van der Waals surface area contributed by atoms with Crippen LogP contribution in [0.1, 0.15) is 75.5 Å². The van der Waals surface area contributed by atoms with Gasteiger partial charge in [-0.15, -0.1) is 0 Å². The second kappa shape index (κ2) is 15.1. The van der Waals surface area contributed by atoms with Crippen LogP contribution in [0.5, 0.6) is 0 Å². The fourth-order valence-corrected chi connectivity index (χ4v) is 6.37. The molecule has 0 bridgehead atoms. The van der Waals surface area contributed by atoms with Gasteiger partial charge in [-0.05, 0) is 37.0 Å². The van der Waals surface area contributed by atoms with Crippen LogP contribution in [0.15, 0.2) is 53.2 Å². The number of aromatic nitrogens is 6. The van der Waals surface area contributed by atoms with E-state index in [2.05, 4.69) is 52.6 Å². The van der Waals surface area contributed by atoms with Crippen molar-refractivity contribution in [2.24, 2.45) is 0 Å². The van der Waals surface area contributed by atoms with Gasteiger partial charge in [-0.2, -0.15) is 0 Å². The molecule has 222 valence electrons. The number of fused-ring (bicyclic) bond motifs is 3. The summed E-state index contributed by atoms with van der Waals surface area (Å²) in [5.74, 6) is 0.710. The van der Waals surface area contributed by atoms with Gasteiger partial charge >= 0.3 is 5.97 Å². The summed E-state index contributed by atoms with van der Waals surface area (Å²) in [5, 5.41) is 0.879. The van der Waals surface area contributed by atoms with Gasteiger partial charge in [0.15, 0.2) is 11.5 Å². The van der Waals surface area contributed by atoms with Gasteiger partial charge in [-0.3, -0.25) is 9.69 Å². The summed E-state index contributed by atoms with van der Waals surface area (Å²) in [6.45, 7) is 1.06. The molecular weight excluding hydrogens is 550 g/mol. The quantitative estimate of drug-likeness (QED) is 0.106. The third-order valence-corrected chi connectivity index (χ3v) is 8.59. The van der Waals surface area contributed by atoms with E-state index in [9.17, 15) is 4.79 Å². The Hall–Kier alpha value is -3.57. The van der Waals surface area contributed by atoms with Gasteiger partial charge < -0.3 is 14.0 Å². The highest BCUT2D eigenvalue weighted by atomic mass is 32.2. The topological polar surface area (TPSA) is 108 Å². The van der Waals surface area contributed by atoms with E-state index in [1.165, 1.54) is 45.6 Å². The summed E-state index contributed by atoms with van der Waals surface area (Å²) in [4.78, 5) is 37.1. The van der Waals surface area contributed by atoms with E-state index < -0.39 is 0 Å². The summed E-state index contributed by atoms with van der Waals surface area (Å²) >= 11 is 1.63. The fourth-order valence-electron chi connectivity index (χ4n) is 5.39. The molecule has 0 fully saturated rings. The molecule has 0 atom stereocenters. The lowest BCUT2D eigenvalue weighted by Gasteiger charge is -2.30. The molecule has 0 N–H and O–H groups in total. The number of carbonyl (C=O) groups is 1. The third kappa shape index (κ3) is 7.43. The Bertz CT molecular complexity index is 1480. The predicted octanol–water partition coefficient (Wildman–Crippen LogP) is 6.49. The van der Waals surface area contributed by atoms with Crippen LogP contribution in [-0.2, 0) is 27.2 Å². The second-order valence-electron chi connectivity index (χ2n) is 10.6. The molecule has 42 heavy (non-hydrogen) atoms. The molecule has 5 rings (SSSR count). The molecule has 4 heterocycles. The van der Waals surface area contributed by atoms with Crippen LogP contribution in [0, 0.1) is 0 Å². The number of nitrogens with zero attached hydrogens (tertiary/aromatic N) is 7. The van der Waals surface area contributed by atoms with Crippen LogP contribution in [-0.4, -0.2) is 56.4 Å². The van der Waals surface area contributed by atoms with Crippen molar-refractivity contribution in [1.29, 1.82) is 0 Å². The number of hydrogen-bond acceptors (Lipinski definition) is 10. The minimum absolute atomic E-state index is 0.103. The zero-order valence-corrected chi connectivity index (χ0v) is 25.3. The lowest BCUT2D eigenvalue weighted by atomic mass is 10.0. The standard InChI is InChI=1S/C31H39N7O3S/c1-40-22-38-25-18-23(14-15-26(25)42-31-30(38)32-16-17-33-31)19-37-21-36-29-28(37)24(34-20-35-29)12-10-8-6-4-3-5-7-9-11-13-27(39)41-2/h14-18,20-21H,3-13,19,22H2,1-2H3. The Kier molecular flexibility index (Phi) is 10.7. The first-order chi connectivity index (χ1) is 20.7. The molecule has 3 aromatic heterocycles. The lowest BCUT2D eigenvalue weighted by Crippen LogP contribution is -2.24. The summed E-state index contributed by atoms with van der Waals surface area (Å²) in [6.07, 6.45) is 18.9. The van der Waals surface area contributed by atoms with E-state index in [0.29, 0.717) is 19.7 Å². The summed E-state index contributed by atoms with van der Waals surface area (Å²) < 4.78 is 12.4. The molecule has 10 nitrogen and oxygen atoms in total. The molecule has 0 saturated carbocycles. The Labute approximate surface area is 251 Å². The van der Waals surface area contributed by atoms with Gasteiger partial charge in [0.2, 0.25) is 0 Å². The normalized spacial score (nSPS) is 12.4. The van der Waals surface area contributed by atoms with Crippen LogP contribution >= 0.6 is 11.8 Å². The molecular formula is C31H39N7O3S. The van der Waals surface area contributed by atoms with Crippen molar-refractivity contribution >= 4 is 40.4 Å². The molecule has 1 aromatic carbocycles. The summed E-state index contributed by atoms with van der Waals surface area (Å²) in [7, 11) is 3.14. The Balaban J connectivity index is 1.15. The highest BCUT2D eigenvalue weighted by molar-refractivity contribution is 7.99. The van der Waals surface area contributed by atoms with Crippen molar-refractivity contribution in [3.05, 3.63) is 54.5 Å². The maximum atomic E-state index is 11.2. The minimum atomic E-state index is -0.103. The predicted molar refractivity (Wildman–Crippen MR) is 163 cm³/mol. The molecule has 0 amide bonds. The van der Waals surface area contributed by atoms with E-state index in [4.69, 9.17) is 9.47 Å². The second-order valence-corrected chi connectivity index (χ2v) is 11.6. The first kappa shape index (κ1) is 29.9. The van der Waals surface area contributed by atoms with E-state index in [0.717, 1.165) is 69.5 Å². The van der Waals surface area contributed by atoms with E-state index in [1.807, 2.05) is 6.33 Å². The maximum absolute atomic E-state index is 11.2. The smallest absolute Gasteiger partial charge is 0.305 e. The number of ether oxygens (including phenoxy) is 2. The number of carbonyl (C=O) groups excluding carboxylic acids is 1. The van der Waals surface area contributed by atoms with Crippen molar-refractivity contribution in [3.63, 3.8) is 0 Å². The molecule has 0 aliphatic carbocycles. The molecule has 1 aliphatic heterocycles. The van der Waals surface area contributed by atoms with Crippen LogP contribution < -0.4 is 4.90 Å². The monoisotopic (exact) mass is 589 g/mol. The largest absolute Gasteiger partial charge is 0.469 e. The van der Waals surface area contributed by atoms with Crippen LogP contribution in [0.25, 0.3) is 11.2 Å². The van der Waals surface area contributed by atoms with Gasteiger partial charge in [0.25, 0.3) is 0 Å². The first-order valence-corrected chi connectivity index (χ1v) is 15.6. The molecule has 0 spiro atoms. The highest BCUT2D eigenvalue weighted by Crippen LogP contribution is 2.46. The number of imidazole rings is 1. The van der Waals surface area contributed by atoms with Crippen molar-refractivity contribution in [2.45, 2.75) is 87.1 Å². The average Bonchev–Trinajstić information content (AvgIpc) is 3.43. The molecule has 0 unspecified atom stereocenters. The Morgan fingerprint density at radius 3 is 2.43 bits per heavy atom. The number of benzene rings is 1. The summed E-state index contributed by atoms with van der Waals surface area (Å²) in [6, 6.07) is 6.51. The number of aryl methyl sites for hydroxylation is 1. The molecule has 0 radical (unpaired) electrons. The number of esters is 1. The van der Waals surface area contributed by atoms with Gasteiger partial charge in [-0.25, -0.2) is 24.9 Å². The average molecular weight is 590 g/mol. The number of anilines is 2. The SMILES string of the molecule is COCN1c2cc(Cn3cnc4ncnc(CCCCCCCCCCCC(=O)OC)c43)ccc2Sc2nccnc21. The zero-order chi connectivity index (χ0) is 29.1. The van der Waals surface area contributed by atoms with Gasteiger partial charge in [0, 0.05) is 37.4 Å². The highest BCUT2D eigenvalue weighted by Gasteiger charge is 2.26. The van der Waals surface area contributed by atoms with E-state index >= 15 is 0 Å². The van der Waals surface area contributed by atoms with E-state index in [1.54, 1.807) is 37.6 Å². The van der Waals surface area contributed by atoms with Crippen molar-refractivity contribution in [3.8, 4) is 0 Å². The number of rotatable bonds is 16. The van der Waals surface area contributed by atoms with Crippen molar-refractivity contribution in [1.82, 2.24) is 29.5 Å². The van der Waals surface area contributed by atoms with Crippen LogP contribution in [0.2, 0.25) is 0 Å². The van der Waals surface area contributed by atoms with Crippen molar-refractivity contribution < 1.29 is 14.3 Å². The molecule has 1 aliphatic rings. The number of unbranched alkanes of at least 4 members (excludes halogenated alkanes) is 8. The fraction of sp³-hybridized carbons (Fsp3) is 0.484. The van der Waals surface area contributed by atoms with Crippen LogP contribution in [0.4, 0.5) is 11.5 Å². The van der Waals surface area contributed by atoms with Crippen molar-refractivity contribution in [2.75, 3.05) is 25.9 Å². The number of methoxy groups -OCH3 is 2.